The van der Waals surface area contributed by atoms with Crippen LogP contribution in [0.3, 0.4) is 0 Å². The van der Waals surface area contributed by atoms with Crippen LogP contribution in [-0.2, 0) is 13.0 Å². The molecule has 0 saturated heterocycles. The molecule has 3 nitrogen and oxygen atoms in total. The predicted molar refractivity (Wildman–Crippen MR) is 69.7 cm³/mol. The normalized spacial score (nSPS) is 12.6. The van der Waals surface area contributed by atoms with Crippen molar-refractivity contribution < 1.29 is 4.39 Å². The summed E-state index contributed by atoms with van der Waals surface area (Å²) in [6, 6.07) is 6.98. The third-order valence-corrected chi connectivity index (χ3v) is 3.01. The topological polar surface area (TPSA) is 40.7 Å². The van der Waals surface area contributed by atoms with E-state index in [1.54, 1.807) is 6.33 Å². The Hall–Kier alpha value is -1.68. The Bertz CT molecular complexity index is 490. The second kappa shape index (κ2) is 5.78. The molecule has 1 aromatic heterocycles. The van der Waals surface area contributed by atoms with Gasteiger partial charge in [0.1, 0.15) is 5.82 Å². The fourth-order valence-electron chi connectivity index (χ4n) is 1.88. The van der Waals surface area contributed by atoms with Crippen LogP contribution in [0.15, 0.2) is 30.6 Å². The van der Waals surface area contributed by atoms with E-state index in [1.807, 2.05) is 19.1 Å². The van der Waals surface area contributed by atoms with Crippen molar-refractivity contribution in [2.24, 2.45) is 0 Å². The SMILES string of the molecule is Cc1[nH]cnc1CNC(C)Cc1ccc(F)cc1. The number of H-pyrrole nitrogens is 1. The highest BCUT2D eigenvalue weighted by atomic mass is 19.1. The molecule has 96 valence electrons. The molecule has 0 amide bonds. The van der Waals surface area contributed by atoms with Crippen LogP contribution in [0.5, 0.6) is 0 Å². The zero-order valence-electron chi connectivity index (χ0n) is 10.7. The molecule has 18 heavy (non-hydrogen) atoms. The molecule has 0 aliphatic heterocycles. The minimum absolute atomic E-state index is 0.188. The van der Waals surface area contributed by atoms with Crippen molar-refractivity contribution in [2.45, 2.75) is 32.9 Å². The number of benzene rings is 1. The molecule has 1 heterocycles. The van der Waals surface area contributed by atoms with Crippen LogP contribution in [0.4, 0.5) is 4.39 Å². The van der Waals surface area contributed by atoms with Crippen molar-refractivity contribution in [3.63, 3.8) is 0 Å². The quantitative estimate of drug-likeness (QED) is 0.852. The summed E-state index contributed by atoms with van der Waals surface area (Å²) in [7, 11) is 0. The van der Waals surface area contributed by atoms with Gasteiger partial charge in [0.25, 0.3) is 0 Å². The highest BCUT2D eigenvalue weighted by Crippen LogP contribution is 2.06. The Morgan fingerprint density at radius 2 is 2.06 bits per heavy atom. The lowest BCUT2D eigenvalue weighted by molar-refractivity contribution is 0.539. The third kappa shape index (κ3) is 3.40. The number of nitrogens with zero attached hydrogens (tertiary/aromatic N) is 1. The molecular formula is C14H18FN3. The number of nitrogens with one attached hydrogen (secondary N) is 2. The molecule has 0 aliphatic carbocycles. The summed E-state index contributed by atoms with van der Waals surface area (Å²) in [5, 5.41) is 3.41. The first-order valence-corrected chi connectivity index (χ1v) is 6.12. The number of aromatic nitrogens is 2. The molecule has 0 aliphatic rings. The van der Waals surface area contributed by atoms with Crippen molar-refractivity contribution in [1.29, 1.82) is 0 Å². The van der Waals surface area contributed by atoms with Crippen LogP contribution in [0.2, 0.25) is 0 Å². The maximum Gasteiger partial charge on any atom is 0.123 e. The third-order valence-electron chi connectivity index (χ3n) is 3.01. The molecule has 2 rings (SSSR count). The van der Waals surface area contributed by atoms with Gasteiger partial charge in [0.2, 0.25) is 0 Å². The number of hydrogen-bond acceptors (Lipinski definition) is 2. The molecular weight excluding hydrogens is 229 g/mol. The van der Waals surface area contributed by atoms with Gasteiger partial charge >= 0.3 is 0 Å². The van der Waals surface area contributed by atoms with Gasteiger partial charge in [0, 0.05) is 18.3 Å². The zero-order valence-corrected chi connectivity index (χ0v) is 10.7. The van der Waals surface area contributed by atoms with Crippen LogP contribution >= 0.6 is 0 Å². The molecule has 2 N–H and O–H groups in total. The molecule has 0 fully saturated rings. The second-order valence-corrected chi connectivity index (χ2v) is 4.59. The monoisotopic (exact) mass is 247 g/mol. The Labute approximate surface area is 106 Å². The maximum absolute atomic E-state index is 12.8. The number of aryl methyl sites for hydroxylation is 1. The molecule has 0 radical (unpaired) electrons. The number of imidazole rings is 1. The first-order valence-electron chi connectivity index (χ1n) is 6.12. The Kier molecular flexibility index (Phi) is 4.10. The first-order chi connectivity index (χ1) is 8.65. The molecule has 4 heteroatoms. The summed E-state index contributed by atoms with van der Waals surface area (Å²) in [6.45, 7) is 4.87. The van der Waals surface area contributed by atoms with Crippen LogP contribution in [0, 0.1) is 12.7 Å². The van der Waals surface area contributed by atoms with E-state index in [2.05, 4.69) is 22.2 Å². The average Bonchev–Trinajstić information content (AvgIpc) is 2.75. The summed E-state index contributed by atoms with van der Waals surface area (Å²) in [5.41, 5.74) is 3.27. The highest BCUT2D eigenvalue weighted by Gasteiger charge is 2.06. The number of rotatable bonds is 5. The lowest BCUT2D eigenvalue weighted by Crippen LogP contribution is -2.28. The second-order valence-electron chi connectivity index (χ2n) is 4.59. The van der Waals surface area contributed by atoms with E-state index >= 15 is 0 Å². The Balaban J connectivity index is 1.83. The highest BCUT2D eigenvalue weighted by molar-refractivity contribution is 5.17. The van der Waals surface area contributed by atoms with Crippen molar-refractivity contribution >= 4 is 0 Å². The van der Waals surface area contributed by atoms with Gasteiger partial charge in [-0.3, -0.25) is 0 Å². The molecule has 1 atom stereocenters. The van der Waals surface area contributed by atoms with E-state index in [0.29, 0.717) is 6.04 Å². The van der Waals surface area contributed by atoms with E-state index in [0.717, 1.165) is 29.9 Å². The summed E-state index contributed by atoms with van der Waals surface area (Å²) in [5.74, 6) is -0.188. The van der Waals surface area contributed by atoms with Gasteiger partial charge < -0.3 is 10.3 Å². The minimum Gasteiger partial charge on any atom is -0.348 e. The smallest absolute Gasteiger partial charge is 0.123 e. The van der Waals surface area contributed by atoms with Gasteiger partial charge in [-0.15, -0.1) is 0 Å². The van der Waals surface area contributed by atoms with Crippen molar-refractivity contribution in [3.05, 3.63) is 53.4 Å². The van der Waals surface area contributed by atoms with Crippen LogP contribution in [-0.4, -0.2) is 16.0 Å². The van der Waals surface area contributed by atoms with E-state index in [9.17, 15) is 4.39 Å². The largest absolute Gasteiger partial charge is 0.348 e. The van der Waals surface area contributed by atoms with Crippen molar-refractivity contribution in [1.82, 2.24) is 15.3 Å². The molecule has 0 bridgehead atoms. The van der Waals surface area contributed by atoms with Crippen LogP contribution in [0.25, 0.3) is 0 Å². The molecule has 2 aromatic rings. The first kappa shape index (κ1) is 12.8. The van der Waals surface area contributed by atoms with Gasteiger partial charge in [0.15, 0.2) is 0 Å². The summed E-state index contributed by atoms with van der Waals surface area (Å²) < 4.78 is 12.8. The zero-order chi connectivity index (χ0) is 13.0. The van der Waals surface area contributed by atoms with Gasteiger partial charge in [-0.2, -0.15) is 0 Å². The standard InChI is InChI=1S/C14H18FN3/c1-10(7-12-3-5-13(15)6-4-12)16-8-14-11(2)17-9-18-14/h3-6,9-10,16H,7-8H2,1-2H3,(H,17,18). The number of aromatic amines is 1. The van der Waals surface area contributed by atoms with Gasteiger partial charge in [-0.1, -0.05) is 12.1 Å². The molecule has 1 unspecified atom stereocenters. The van der Waals surface area contributed by atoms with Crippen molar-refractivity contribution in [2.75, 3.05) is 0 Å². The fraction of sp³-hybridized carbons (Fsp3) is 0.357. The number of halogens is 1. The van der Waals surface area contributed by atoms with E-state index in [-0.39, 0.29) is 5.82 Å². The summed E-state index contributed by atoms with van der Waals surface area (Å²) in [6.07, 6.45) is 2.58. The average molecular weight is 247 g/mol. The van der Waals surface area contributed by atoms with Gasteiger partial charge in [0.05, 0.1) is 12.0 Å². The fourth-order valence-corrected chi connectivity index (χ4v) is 1.88. The summed E-state index contributed by atoms with van der Waals surface area (Å²) >= 11 is 0. The Morgan fingerprint density at radius 3 is 2.67 bits per heavy atom. The maximum atomic E-state index is 12.8. The lowest BCUT2D eigenvalue weighted by Gasteiger charge is -2.13. The predicted octanol–water partition coefficient (Wildman–Crippen LogP) is 2.58. The van der Waals surface area contributed by atoms with Crippen molar-refractivity contribution in [3.8, 4) is 0 Å². The van der Waals surface area contributed by atoms with Crippen LogP contribution in [0.1, 0.15) is 23.9 Å². The minimum atomic E-state index is -0.188. The van der Waals surface area contributed by atoms with Gasteiger partial charge in [-0.25, -0.2) is 9.37 Å². The van der Waals surface area contributed by atoms with Gasteiger partial charge in [-0.05, 0) is 38.0 Å². The van der Waals surface area contributed by atoms with E-state index in [4.69, 9.17) is 0 Å². The summed E-state index contributed by atoms with van der Waals surface area (Å²) in [4.78, 5) is 7.29. The molecule has 1 aromatic carbocycles. The van der Waals surface area contributed by atoms with Crippen LogP contribution < -0.4 is 5.32 Å². The molecule has 0 saturated carbocycles. The van der Waals surface area contributed by atoms with E-state index in [1.165, 1.54) is 12.1 Å². The lowest BCUT2D eigenvalue weighted by atomic mass is 10.1. The Morgan fingerprint density at radius 1 is 1.33 bits per heavy atom. The number of hydrogen-bond donors (Lipinski definition) is 2. The molecule has 0 spiro atoms. The van der Waals surface area contributed by atoms with E-state index < -0.39 is 0 Å².